The summed E-state index contributed by atoms with van der Waals surface area (Å²) >= 11 is 5.23. The molecule has 17 heavy (non-hydrogen) atoms. The molecule has 0 aliphatic carbocycles. The maximum atomic E-state index is 5.52. The molecule has 0 spiro atoms. The second kappa shape index (κ2) is 8.60. The van der Waals surface area contributed by atoms with E-state index < -0.39 is 0 Å². The van der Waals surface area contributed by atoms with Crippen LogP contribution >= 0.6 is 27.7 Å². The number of nitrogens with two attached hydrogens (primary N) is 1. The molecule has 0 aromatic heterocycles. The molecule has 2 nitrogen and oxygen atoms in total. The van der Waals surface area contributed by atoms with Crippen molar-refractivity contribution in [1.29, 1.82) is 0 Å². The molecule has 1 aromatic carbocycles. The van der Waals surface area contributed by atoms with Gasteiger partial charge in [0.1, 0.15) is 0 Å². The smallest absolute Gasteiger partial charge is 0.0313 e. The van der Waals surface area contributed by atoms with E-state index in [0.717, 1.165) is 23.1 Å². The molecule has 1 aromatic rings. The molecule has 3 N–H and O–H groups in total. The summed E-state index contributed by atoms with van der Waals surface area (Å²) < 4.78 is 1.11. The van der Waals surface area contributed by atoms with Crippen LogP contribution in [0.5, 0.6) is 0 Å². The van der Waals surface area contributed by atoms with Crippen LogP contribution in [0, 0.1) is 11.8 Å². The van der Waals surface area contributed by atoms with E-state index in [0.29, 0.717) is 6.04 Å². The van der Waals surface area contributed by atoms with Gasteiger partial charge in [-0.1, -0.05) is 15.9 Å². The largest absolute Gasteiger partial charge is 0.271 e. The van der Waals surface area contributed by atoms with E-state index in [1.807, 2.05) is 18.7 Å². The summed E-state index contributed by atoms with van der Waals surface area (Å²) in [5, 5.41) is 0. The third kappa shape index (κ3) is 6.13. The molecule has 1 atom stereocenters. The number of rotatable bonds is 6. The summed E-state index contributed by atoms with van der Waals surface area (Å²) in [4.78, 5) is 1.26. The lowest BCUT2D eigenvalue weighted by atomic mass is 10.2. The maximum absolute atomic E-state index is 5.52. The third-order valence-corrected chi connectivity index (χ3v) is 4.00. The minimum absolute atomic E-state index is 0.310. The fraction of sp³-hybridized carbons (Fsp3) is 0.385. The highest BCUT2D eigenvalue weighted by Crippen LogP contribution is 2.21. The SMILES string of the molecule is CC#CCCC(CSc1ccc(Br)cc1)NN. The first kappa shape index (κ1) is 14.6. The third-order valence-electron chi connectivity index (χ3n) is 2.30. The van der Waals surface area contributed by atoms with Gasteiger partial charge in [-0.2, -0.15) is 0 Å². The molecule has 0 radical (unpaired) electrons. The van der Waals surface area contributed by atoms with E-state index >= 15 is 0 Å². The zero-order chi connectivity index (χ0) is 12.5. The highest BCUT2D eigenvalue weighted by atomic mass is 79.9. The van der Waals surface area contributed by atoms with Crippen LogP contribution in [-0.4, -0.2) is 11.8 Å². The molecule has 92 valence electrons. The lowest BCUT2D eigenvalue weighted by Crippen LogP contribution is -2.36. The predicted molar refractivity (Wildman–Crippen MR) is 78.7 cm³/mol. The average Bonchev–Trinajstić information content (AvgIpc) is 2.35. The lowest BCUT2D eigenvalue weighted by Gasteiger charge is -2.13. The first-order valence-electron chi connectivity index (χ1n) is 5.50. The zero-order valence-corrected chi connectivity index (χ0v) is 12.3. The Balaban J connectivity index is 2.35. The molecule has 4 heteroatoms. The van der Waals surface area contributed by atoms with Crippen molar-refractivity contribution in [2.75, 3.05) is 5.75 Å². The van der Waals surface area contributed by atoms with Gasteiger partial charge in [-0.05, 0) is 37.6 Å². The summed E-state index contributed by atoms with van der Waals surface area (Å²) in [5.41, 5.74) is 2.84. The molecular weight excluding hydrogens is 296 g/mol. The minimum atomic E-state index is 0.310. The van der Waals surface area contributed by atoms with Crippen molar-refractivity contribution < 1.29 is 0 Å². The average molecular weight is 313 g/mol. The van der Waals surface area contributed by atoms with Gasteiger partial charge in [-0.15, -0.1) is 23.6 Å². The number of hydrogen-bond acceptors (Lipinski definition) is 3. The second-order valence-corrected chi connectivity index (χ2v) is 5.60. The number of halogens is 1. The van der Waals surface area contributed by atoms with E-state index in [4.69, 9.17) is 5.84 Å². The topological polar surface area (TPSA) is 38.0 Å². The summed E-state index contributed by atoms with van der Waals surface area (Å²) in [7, 11) is 0. The molecule has 0 aliphatic rings. The van der Waals surface area contributed by atoms with Gasteiger partial charge in [-0.25, -0.2) is 0 Å². The molecule has 0 bridgehead atoms. The van der Waals surface area contributed by atoms with Crippen molar-refractivity contribution in [2.24, 2.45) is 5.84 Å². The lowest BCUT2D eigenvalue weighted by molar-refractivity contribution is 0.547. The first-order chi connectivity index (χ1) is 8.26. The van der Waals surface area contributed by atoms with Crippen molar-refractivity contribution in [2.45, 2.75) is 30.7 Å². The van der Waals surface area contributed by atoms with Crippen molar-refractivity contribution in [3.63, 3.8) is 0 Å². The molecule has 0 fully saturated rings. The Kier molecular flexibility index (Phi) is 7.38. The van der Waals surface area contributed by atoms with E-state index in [2.05, 4.69) is 57.5 Å². The number of hydrogen-bond donors (Lipinski definition) is 2. The van der Waals surface area contributed by atoms with Gasteiger partial charge in [-0.3, -0.25) is 11.3 Å². The van der Waals surface area contributed by atoms with Crippen LogP contribution < -0.4 is 11.3 Å². The Bertz CT molecular complexity index is 381. The van der Waals surface area contributed by atoms with Gasteiger partial charge in [0.15, 0.2) is 0 Å². The monoisotopic (exact) mass is 312 g/mol. The zero-order valence-electron chi connectivity index (χ0n) is 9.87. The number of hydrazine groups is 1. The molecule has 0 amide bonds. The Morgan fingerprint density at radius 2 is 2.12 bits per heavy atom. The number of thioether (sulfide) groups is 1. The van der Waals surface area contributed by atoms with Crippen molar-refractivity contribution in [3.05, 3.63) is 28.7 Å². The Labute approximate surface area is 116 Å². The van der Waals surface area contributed by atoms with Crippen LogP contribution in [0.4, 0.5) is 0 Å². The predicted octanol–water partition coefficient (Wildman–Crippen LogP) is 3.18. The molecular formula is C13H17BrN2S. The van der Waals surface area contributed by atoms with Crippen molar-refractivity contribution in [1.82, 2.24) is 5.43 Å². The van der Waals surface area contributed by atoms with Crippen LogP contribution in [0.15, 0.2) is 33.6 Å². The Morgan fingerprint density at radius 1 is 1.41 bits per heavy atom. The summed E-state index contributed by atoms with van der Waals surface area (Å²) in [5.74, 6) is 12.4. The minimum Gasteiger partial charge on any atom is -0.271 e. The number of nitrogens with one attached hydrogen (secondary N) is 1. The molecule has 0 aliphatic heterocycles. The number of benzene rings is 1. The molecule has 1 rings (SSSR count). The quantitative estimate of drug-likeness (QED) is 0.367. The Morgan fingerprint density at radius 3 is 2.71 bits per heavy atom. The van der Waals surface area contributed by atoms with Gasteiger partial charge < -0.3 is 0 Å². The van der Waals surface area contributed by atoms with Crippen LogP contribution in [-0.2, 0) is 0 Å². The van der Waals surface area contributed by atoms with Crippen LogP contribution in [0.2, 0.25) is 0 Å². The molecule has 0 saturated heterocycles. The van der Waals surface area contributed by atoms with Crippen LogP contribution in [0.1, 0.15) is 19.8 Å². The fourth-order valence-corrected chi connectivity index (χ4v) is 2.56. The summed E-state index contributed by atoms with van der Waals surface area (Å²) in [6.45, 7) is 1.86. The van der Waals surface area contributed by atoms with E-state index in [9.17, 15) is 0 Å². The second-order valence-electron chi connectivity index (χ2n) is 3.59. The van der Waals surface area contributed by atoms with Crippen molar-refractivity contribution in [3.8, 4) is 11.8 Å². The fourth-order valence-electron chi connectivity index (χ4n) is 1.31. The molecule has 1 unspecified atom stereocenters. The highest BCUT2D eigenvalue weighted by molar-refractivity contribution is 9.10. The van der Waals surface area contributed by atoms with Crippen LogP contribution in [0.3, 0.4) is 0 Å². The van der Waals surface area contributed by atoms with Gasteiger partial charge in [0.05, 0.1) is 0 Å². The molecule has 0 heterocycles. The van der Waals surface area contributed by atoms with E-state index in [1.165, 1.54) is 4.90 Å². The van der Waals surface area contributed by atoms with E-state index in [1.54, 1.807) is 0 Å². The van der Waals surface area contributed by atoms with Gasteiger partial charge in [0, 0.05) is 27.6 Å². The van der Waals surface area contributed by atoms with Gasteiger partial charge >= 0.3 is 0 Å². The van der Waals surface area contributed by atoms with E-state index in [-0.39, 0.29) is 0 Å². The standard InChI is InChI=1S/C13H17BrN2S/c1-2-3-4-5-12(16-15)10-17-13-8-6-11(14)7-9-13/h6-9,12,16H,4-5,10,15H2,1H3. The summed E-state index contributed by atoms with van der Waals surface area (Å²) in [6, 6.07) is 8.62. The van der Waals surface area contributed by atoms with Crippen molar-refractivity contribution >= 4 is 27.7 Å². The normalized spacial score (nSPS) is 11.7. The van der Waals surface area contributed by atoms with Crippen LogP contribution in [0.25, 0.3) is 0 Å². The summed E-state index contributed by atoms with van der Waals surface area (Å²) in [6.07, 6.45) is 1.88. The van der Waals surface area contributed by atoms with Gasteiger partial charge in [0.2, 0.25) is 0 Å². The maximum Gasteiger partial charge on any atom is 0.0313 e. The highest BCUT2D eigenvalue weighted by Gasteiger charge is 2.06. The Hall–Kier alpha value is -0.470. The molecule has 0 saturated carbocycles. The first-order valence-corrected chi connectivity index (χ1v) is 7.28. The van der Waals surface area contributed by atoms with Gasteiger partial charge in [0.25, 0.3) is 0 Å².